The first-order valence-electron chi connectivity index (χ1n) is 7.89. The smallest absolute Gasteiger partial charge is 0.290 e. The van der Waals surface area contributed by atoms with Gasteiger partial charge in [0.15, 0.2) is 11.6 Å². The van der Waals surface area contributed by atoms with E-state index in [0.717, 1.165) is 30.6 Å². The van der Waals surface area contributed by atoms with Crippen LogP contribution >= 0.6 is 0 Å². The van der Waals surface area contributed by atoms with Crippen LogP contribution in [0.4, 0.5) is 11.6 Å². The number of piperidine rings is 1. The Morgan fingerprint density at radius 3 is 3.00 bits per heavy atom. The molecule has 1 atom stereocenters. The lowest BCUT2D eigenvalue weighted by Crippen LogP contribution is -2.44. The summed E-state index contributed by atoms with van der Waals surface area (Å²) in [5, 5.41) is 20.9. The van der Waals surface area contributed by atoms with Gasteiger partial charge in [0, 0.05) is 31.5 Å². The zero-order valence-corrected chi connectivity index (χ0v) is 13.7. The number of aromatic amines is 1. The fourth-order valence-electron chi connectivity index (χ4n) is 2.90. The topological polar surface area (TPSA) is 111 Å². The number of nitriles is 1. The van der Waals surface area contributed by atoms with E-state index in [-0.39, 0.29) is 11.6 Å². The standard InChI is InChI=1S/C16H19N7O/c1-10-11(2)21-22-14(13(10)8-17)20-12-4-3-7-23(9-12)15-16(24)19-6-5-18-15/h5-6,12H,3-4,7,9H2,1-2H3,(H,19,24)(H,20,22). The number of anilines is 2. The molecule has 2 aromatic heterocycles. The minimum atomic E-state index is -0.193. The number of H-pyrrole nitrogens is 1. The van der Waals surface area contributed by atoms with E-state index >= 15 is 0 Å². The summed E-state index contributed by atoms with van der Waals surface area (Å²) in [6.45, 7) is 5.11. The Hall–Kier alpha value is -2.95. The van der Waals surface area contributed by atoms with E-state index in [1.807, 2.05) is 18.7 Å². The van der Waals surface area contributed by atoms with Crippen LogP contribution in [0.2, 0.25) is 0 Å². The molecule has 2 aromatic rings. The molecule has 0 bridgehead atoms. The first-order valence-corrected chi connectivity index (χ1v) is 7.89. The summed E-state index contributed by atoms with van der Waals surface area (Å²) < 4.78 is 0. The maximum atomic E-state index is 11.9. The molecule has 0 aliphatic carbocycles. The van der Waals surface area contributed by atoms with Gasteiger partial charge in [0.25, 0.3) is 5.56 Å². The van der Waals surface area contributed by atoms with Crippen LogP contribution in [0.5, 0.6) is 0 Å². The Balaban J connectivity index is 1.80. The summed E-state index contributed by atoms with van der Waals surface area (Å²) >= 11 is 0. The van der Waals surface area contributed by atoms with Crippen molar-refractivity contribution in [2.75, 3.05) is 23.3 Å². The monoisotopic (exact) mass is 325 g/mol. The number of rotatable bonds is 3. The van der Waals surface area contributed by atoms with E-state index in [2.05, 4.69) is 31.6 Å². The van der Waals surface area contributed by atoms with Crippen LogP contribution in [0.25, 0.3) is 0 Å². The summed E-state index contributed by atoms with van der Waals surface area (Å²) in [4.78, 5) is 20.7. The third kappa shape index (κ3) is 3.06. The van der Waals surface area contributed by atoms with Crippen molar-refractivity contribution in [3.63, 3.8) is 0 Å². The zero-order valence-electron chi connectivity index (χ0n) is 13.7. The van der Waals surface area contributed by atoms with Crippen LogP contribution < -0.4 is 15.8 Å². The maximum absolute atomic E-state index is 11.9. The van der Waals surface area contributed by atoms with Crippen molar-refractivity contribution in [3.05, 3.63) is 39.6 Å². The fourth-order valence-corrected chi connectivity index (χ4v) is 2.90. The van der Waals surface area contributed by atoms with E-state index < -0.39 is 0 Å². The highest BCUT2D eigenvalue weighted by Crippen LogP contribution is 2.21. The van der Waals surface area contributed by atoms with Gasteiger partial charge in [-0.25, -0.2) is 4.98 Å². The highest BCUT2D eigenvalue weighted by molar-refractivity contribution is 5.56. The van der Waals surface area contributed by atoms with Crippen molar-refractivity contribution in [1.29, 1.82) is 5.26 Å². The van der Waals surface area contributed by atoms with Gasteiger partial charge in [-0.05, 0) is 32.3 Å². The molecule has 0 amide bonds. The molecule has 1 aliphatic rings. The van der Waals surface area contributed by atoms with Crippen molar-refractivity contribution in [3.8, 4) is 6.07 Å². The molecule has 24 heavy (non-hydrogen) atoms. The quantitative estimate of drug-likeness (QED) is 0.870. The summed E-state index contributed by atoms with van der Waals surface area (Å²) in [5.41, 5.74) is 1.92. The molecule has 1 unspecified atom stereocenters. The van der Waals surface area contributed by atoms with Gasteiger partial charge in [0.05, 0.1) is 5.69 Å². The highest BCUT2D eigenvalue weighted by atomic mass is 16.1. The Kier molecular flexibility index (Phi) is 4.42. The second-order valence-corrected chi connectivity index (χ2v) is 5.92. The van der Waals surface area contributed by atoms with Gasteiger partial charge in [0.2, 0.25) is 0 Å². The first-order chi connectivity index (χ1) is 11.6. The predicted octanol–water partition coefficient (Wildman–Crippen LogP) is 1.13. The lowest BCUT2D eigenvalue weighted by molar-refractivity contribution is 0.523. The number of hydrogen-bond donors (Lipinski definition) is 2. The second kappa shape index (κ2) is 6.66. The van der Waals surface area contributed by atoms with E-state index in [4.69, 9.17) is 0 Å². The molecule has 0 radical (unpaired) electrons. The van der Waals surface area contributed by atoms with E-state index in [1.165, 1.54) is 6.20 Å². The summed E-state index contributed by atoms with van der Waals surface area (Å²) in [6, 6.07) is 2.27. The van der Waals surface area contributed by atoms with E-state index in [9.17, 15) is 10.1 Å². The summed E-state index contributed by atoms with van der Waals surface area (Å²) in [5.74, 6) is 0.929. The molecule has 2 N–H and O–H groups in total. The molecular formula is C16H19N7O. The summed E-state index contributed by atoms with van der Waals surface area (Å²) in [7, 11) is 0. The third-order valence-electron chi connectivity index (χ3n) is 4.32. The fraction of sp³-hybridized carbons (Fsp3) is 0.438. The van der Waals surface area contributed by atoms with Gasteiger partial charge < -0.3 is 15.2 Å². The van der Waals surface area contributed by atoms with Gasteiger partial charge >= 0.3 is 0 Å². The third-order valence-corrected chi connectivity index (χ3v) is 4.32. The number of aromatic nitrogens is 4. The van der Waals surface area contributed by atoms with Crippen molar-refractivity contribution >= 4 is 11.6 Å². The second-order valence-electron chi connectivity index (χ2n) is 5.92. The number of nitrogens with one attached hydrogen (secondary N) is 2. The molecule has 0 spiro atoms. The van der Waals surface area contributed by atoms with E-state index in [0.29, 0.717) is 23.7 Å². The van der Waals surface area contributed by atoms with Crippen LogP contribution in [-0.4, -0.2) is 39.3 Å². The first kappa shape index (κ1) is 15.9. The van der Waals surface area contributed by atoms with Gasteiger partial charge in [0.1, 0.15) is 11.6 Å². The molecule has 3 heterocycles. The molecule has 124 valence electrons. The molecule has 8 nitrogen and oxygen atoms in total. The average molecular weight is 325 g/mol. The molecule has 0 saturated carbocycles. The minimum absolute atomic E-state index is 0.0728. The van der Waals surface area contributed by atoms with Crippen LogP contribution in [0.15, 0.2) is 17.2 Å². The molecule has 3 rings (SSSR count). The Morgan fingerprint density at radius 2 is 2.25 bits per heavy atom. The van der Waals surface area contributed by atoms with Gasteiger partial charge in [-0.2, -0.15) is 10.4 Å². The zero-order chi connectivity index (χ0) is 17.1. The summed E-state index contributed by atoms with van der Waals surface area (Å²) in [6.07, 6.45) is 4.96. The molecule has 0 aromatic carbocycles. The van der Waals surface area contributed by atoms with Gasteiger partial charge in [-0.3, -0.25) is 4.79 Å². The number of aryl methyl sites for hydroxylation is 1. The molecule has 1 aliphatic heterocycles. The Bertz CT molecular complexity index is 839. The average Bonchev–Trinajstić information content (AvgIpc) is 2.59. The molecule has 1 saturated heterocycles. The Labute approximate surface area is 139 Å². The van der Waals surface area contributed by atoms with Crippen molar-refractivity contribution in [2.45, 2.75) is 32.7 Å². The van der Waals surface area contributed by atoms with Gasteiger partial charge in [-0.1, -0.05) is 0 Å². The molecule has 1 fully saturated rings. The SMILES string of the molecule is Cc1nnc(NC2CCCN(c3ncc[nH]c3=O)C2)c(C#N)c1C. The Morgan fingerprint density at radius 1 is 1.42 bits per heavy atom. The normalized spacial score (nSPS) is 17.4. The molecular weight excluding hydrogens is 306 g/mol. The number of hydrogen-bond acceptors (Lipinski definition) is 7. The van der Waals surface area contributed by atoms with Crippen LogP contribution in [0, 0.1) is 25.2 Å². The van der Waals surface area contributed by atoms with Crippen LogP contribution in [0.1, 0.15) is 29.7 Å². The predicted molar refractivity (Wildman–Crippen MR) is 89.9 cm³/mol. The largest absolute Gasteiger partial charge is 0.363 e. The van der Waals surface area contributed by atoms with Gasteiger partial charge in [-0.15, -0.1) is 5.10 Å². The van der Waals surface area contributed by atoms with Crippen LogP contribution in [0.3, 0.4) is 0 Å². The minimum Gasteiger partial charge on any atom is -0.363 e. The lowest BCUT2D eigenvalue weighted by atomic mass is 10.0. The number of nitrogens with zero attached hydrogens (tertiary/aromatic N) is 5. The van der Waals surface area contributed by atoms with E-state index in [1.54, 1.807) is 6.20 Å². The van der Waals surface area contributed by atoms with Crippen molar-refractivity contribution in [1.82, 2.24) is 20.2 Å². The maximum Gasteiger partial charge on any atom is 0.290 e. The van der Waals surface area contributed by atoms with Crippen molar-refractivity contribution in [2.24, 2.45) is 0 Å². The molecule has 8 heteroatoms. The lowest BCUT2D eigenvalue weighted by Gasteiger charge is -2.33. The van der Waals surface area contributed by atoms with Crippen molar-refractivity contribution < 1.29 is 0 Å². The van der Waals surface area contributed by atoms with Crippen LogP contribution in [-0.2, 0) is 0 Å². The highest BCUT2D eigenvalue weighted by Gasteiger charge is 2.24.